The minimum atomic E-state index is 0.591. The number of hydrogen-bond acceptors (Lipinski definition) is 2. The molecule has 1 N–H and O–H groups in total. The van der Waals surface area contributed by atoms with Gasteiger partial charge in [-0.1, -0.05) is 38.1 Å². The summed E-state index contributed by atoms with van der Waals surface area (Å²) in [7, 11) is 0. The lowest BCUT2D eigenvalue weighted by atomic mass is 10.0. The lowest BCUT2D eigenvalue weighted by Gasteiger charge is -2.08. The maximum Gasteiger partial charge on any atom is 0.0445 e. The van der Waals surface area contributed by atoms with Crippen LogP contribution in [0.1, 0.15) is 30.9 Å². The van der Waals surface area contributed by atoms with Crippen LogP contribution in [-0.4, -0.2) is 0 Å². The minimum absolute atomic E-state index is 0.591. The van der Waals surface area contributed by atoms with Crippen LogP contribution in [0.25, 0.3) is 0 Å². The SMILES string of the molecule is Cc1cccc(NSc2ccc(C(C)C)cc2)c1. The molecule has 0 saturated carbocycles. The molecule has 0 bridgehead atoms. The van der Waals surface area contributed by atoms with Gasteiger partial charge in [-0.05, 0) is 60.2 Å². The molecule has 0 atom stereocenters. The summed E-state index contributed by atoms with van der Waals surface area (Å²) < 4.78 is 3.37. The maximum atomic E-state index is 3.37. The molecule has 0 radical (unpaired) electrons. The molecule has 2 aromatic rings. The zero-order chi connectivity index (χ0) is 13.0. The van der Waals surface area contributed by atoms with E-state index in [2.05, 4.69) is 74.0 Å². The van der Waals surface area contributed by atoms with E-state index in [-0.39, 0.29) is 0 Å². The summed E-state index contributed by atoms with van der Waals surface area (Å²) in [5, 5.41) is 0. The van der Waals surface area contributed by atoms with Gasteiger partial charge in [0.1, 0.15) is 0 Å². The van der Waals surface area contributed by atoms with E-state index in [1.54, 1.807) is 11.9 Å². The number of rotatable bonds is 4. The third-order valence-corrected chi connectivity index (χ3v) is 3.70. The molecule has 2 rings (SSSR count). The highest BCUT2D eigenvalue weighted by Crippen LogP contribution is 2.23. The van der Waals surface area contributed by atoms with Crippen LogP contribution in [0.5, 0.6) is 0 Å². The van der Waals surface area contributed by atoms with Gasteiger partial charge < -0.3 is 4.72 Å². The highest BCUT2D eigenvalue weighted by atomic mass is 32.2. The van der Waals surface area contributed by atoms with Crippen molar-refractivity contribution in [3.63, 3.8) is 0 Å². The third kappa shape index (κ3) is 3.54. The second-order valence-electron chi connectivity index (χ2n) is 4.80. The normalized spacial score (nSPS) is 10.7. The Hall–Kier alpha value is -1.41. The van der Waals surface area contributed by atoms with Gasteiger partial charge in [0, 0.05) is 10.6 Å². The number of hydrogen-bond donors (Lipinski definition) is 1. The molecule has 0 amide bonds. The predicted octanol–water partition coefficient (Wildman–Crippen LogP) is 5.24. The first kappa shape index (κ1) is 13.0. The van der Waals surface area contributed by atoms with Crippen molar-refractivity contribution in [2.45, 2.75) is 31.6 Å². The van der Waals surface area contributed by atoms with Crippen LogP contribution in [0.15, 0.2) is 53.4 Å². The van der Waals surface area contributed by atoms with Crippen LogP contribution in [0.4, 0.5) is 5.69 Å². The Kier molecular flexibility index (Phi) is 4.32. The summed E-state index contributed by atoms with van der Waals surface area (Å²) in [6.45, 7) is 6.54. The molecule has 0 aliphatic heterocycles. The largest absolute Gasteiger partial charge is 0.326 e. The van der Waals surface area contributed by atoms with Gasteiger partial charge in [-0.2, -0.15) is 0 Å². The van der Waals surface area contributed by atoms with Crippen molar-refractivity contribution in [1.29, 1.82) is 0 Å². The summed E-state index contributed by atoms with van der Waals surface area (Å²) in [5.74, 6) is 0.591. The van der Waals surface area contributed by atoms with E-state index >= 15 is 0 Å². The maximum absolute atomic E-state index is 3.37. The number of benzene rings is 2. The third-order valence-electron chi connectivity index (χ3n) is 2.85. The van der Waals surface area contributed by atoms with E-state index in [1.165, 1.54) is 16.0 Å². The first-order valence-electron chi connectivity index (χ1n) is 6.24. The van der Waals surface area contributed by atoms with Crippen LogP contribution < -0.4 is 4.72 Å². The molecule has 0 spiro atoms. The Bertz CT molecular complexity index is 503. The molecule has 18 heavy (non-hydrogen) atoms. The monoisotopic (exact) mass is 257 g/mol. The summed E-state index contributed by atoms with van der Waals surface area (Å²) in [5.41, 5.74) is 3.80. The van der Waals surface area contributed by atoms with Gasteiger partial charge in [0.15, 0.2) is 0 Å². The van der Waals surface area contributed by atoms with Crippen molar-refractivity contribution < 1.29 is 0 Å². The lowest BCUT2D eigenvalue weighted by molar-refractivity contribution is 0.865. The summed E-state index contributed by atoms with van der Waals surface area (Å²) >= 11 is 1.65. The molecule has 0 aromatic heterocycles. The molecule has 0 saturated heterocycles. The van der Waals surface area contributed by atoms with E-state index in [0.29, 0.717) is 5.92 Å². The van der Waals surface area contributed by atoms with Crippen molar-refractivity contribution in [1.82, 2.24) is 0 Å². The molecule has 0 unspecified atom stereocenters. The average molecular weight is 257 g/mol. The summed E-state index contributed by atoms with van der Waals surface area (Å²) in [4.78, 5) is 1.24. The van der Waals surface area contributed by atoms with Crippen LogP contribution in [0.3, 0.4) is 0 Å². The van der Waals surface area contributed by atoms with Crippen molar-refractivity contribution in [3.8, 4) is 0 Å². The fourth-order valence-electron chi connectivity index (χ4n) is 1.75. The molecule has 0 heterocycles. The summed E-state index contributed by atoms with van der Waals surface area (Å²) in [6.07, 6.45) is 0. The smallest absolute Gasteiger partial charge is 0.0445 e. The van der Waals surface area contributed by atoms with Crippen LogP contribution >= 0.6 is 11.9 Å². The Labute approximate surface area is 114 Å². The number of nitrogens with one attached hydrogen (secondary N) is 1. The molecule has 2 aromatic carbocycles. The number of anilines is 1. The fraction of sp³-hybridized carbons (Fsp3) is 0.250. The van der Waals surface area contributed by atoms with Crippen LogP contribution in [-0.2, 0) is 0 Å². The second kappa shape index (κ2) is 5.96. The number of aryl methyl sites for hydroxylation is 1. The van der Waals surface area contributed by atoms with Crippen LogP contribution in [0, 0.1) is 6.92 Å². The Morgan fingerprint density at radius 1 is 1.00 bits per heavy atom. The Balaban J connectivity index is 1.98. The average Bonchev–Trinajstić information content (AvgIpc) is 2.37. The Morgan fingerprint density at radius 2 is 1.72 bits per heavy atom. The first-order valence-corrected chi connectivity index (χ1v) is 7.06. The van der Waals surface area contributed by atoms with Crippen molar-refractivity contribution >= 4 is 17.6 Å². The van der Waals surface area contributed by atoms with Crippen molar-refractivity contribution in [2.75, 3.05) is 4.72 Å². The van der Waals surface area contributed by atoms with E-state index in [0.717, 1.165) is 5.69 Å². The topological polar surface area (TPSA) is 12.0 Å². The highest BCUT2D eigenvalue weighted by molar-refractivity contribution is 8.00. The molecule has 0 aliphatic rings. The van der Waals surface area contributed by atoms with Gasteiger partial charge in [-0.25, -0.2) is 0 Å². The standard InChI is InChI=1S/C16H19NS/c1-12(2)14-7-9-16(10-8-14)18-17-15-6-4-5-13(3)11-15/h4-12,17H,1-3H3. The Morgan fingerprint density at radius 3 is 2.33 bits per heavy atom. The van der Waals surface area contributed by atoms with Crippen molar-refractivity contribution in [3.05, 3.63) is 59.7 Å². The van der Waals surface area contributed by atoms with Gasteiger partial charge >= 0.3 is 0 Å². The van der Waals surface area contributed by atoms with Gasteiger partial charge in [0.05, 0.1) is 0 Å². The van der Waals surface area contributed by atoms with Gasteiger partial charge in [0.2, 0.25) is 0 Å². The van der Waals surface area contributed by atoms with Gasteiger partial charge in [0.25, 0.3) is 0 Å². The minimum Gasteiger partial charge on any atom is -0.326 e. The molecular weight excluding hydrogens is 238 g/mol. The van der Waals surface area contributed by atoms with Crippen LogP contribution in [0.2, 0.25) is 0 Å². The molecule has 0 aliphatic carbocycles. The zero-order valence-electron chi connectivity index (χ0n) is 11.1. The molecule has 1 nitrogen and oxygen atoms in total. The fourth-order valence-corrected chi connectivity index (χ4v) is 2.38. The van der Waals surface area contributed by atoms with E-state index in [1.807, 2.05) is 0 Å². The molecule has 0 fully saturated rings. The second-order valence-corrected chi connectivity index (χ2v) is 5.68. The highest BCUT2D eigenvalue weighted by Gasteiger charge is 1.99. The lowest BCUT2D eigenvalue weighted by Crippen LogP contribution is -1.89. The van der Waals surface area contributed by atoms with E-state index in [9.17, 15) is 0 Å². The van der Waals surface area contributed by atoms with Gasteiger partial charge in [-0.3, -0.25) is 0 Å². The van der Waals surface area contributed by atoms with E-state index < -0.39 is 0 Å². The zero-order valence-corrected chi connectivity index (χ0v) is 11.9. The van der Waals surface area contributed by atoms with E-state index in [4.69, 9.17) is 0 Å². The predicted molar refractivity (Wildman–Crippen MR) is 81.2 cm³/mol. The quantitative estimate of drug-likeness (QED) is 0.752. The van der Waals surface area contributed by atoms with Gasteiger partial charge in [-0.15, -0.1) is 0 Å². The molecule has 2 heteroatoms. The first-order chi connectivity index (χ1) is 8.65. The molecular formula is C16H19NS. The summed E-state index contributed by atoms with van der Waals surface area (Å²) in [6, 6.07) is 17.1. The van der Waals surface area contributed by atoms with Crippen molar-refractivity contribution in [2.24, 2.45) is 0 Å². The molecule has 94 valence electrons.